The minimum atomic E-state index is 0.00440. The van der Waals surface area contributed by atoms with Crippen LogP contribution in [0, 0.1) is 13.8 Å². The quantitative estimate of drug-likeness (QED) is 0.740. The maximum absolute atomic E-state index is 12.8. The molecular formula is C22H24N6O. The number of benzene rings is 1. The summed E-state index contributed by atoms with van der Waals surface area (Å²) >= 11 is 0. The predicted octanol–water partition coefficient (Wildman–Crippen LogP) is 3.19. The Balaban J connectivity index is 1.39. The molecule has 0 atom stereocenters. The molecule has 1 saturated heterocycles. The Kier molecular flexibility index (Phi) is 5.37. The van der Waals surface area contributed by atoms with Gasteiger partial charge in [-0.05, 0) is 43.2 Å². The van der Waals surface area contributed by atoms with Gasteiger partial charge in [0.1, 0.15) is 5.82 Å². The number of carbonyl (C=O) groups is 1. The zero-order chi connectivity index (χ0) is 20.2. The number of amides is 1. The van der Waals surface area contributed by atoms with Crippen LogP contribution >= 0.6 is 0 Å². The van der Waals surface area contributed by atoms with Gasteiger partial charge >= 0.3 is 0 Å². The van der Waals surface area contributed by atoms with Gasteiger partial charge in [-0.15, -0.1) is 0 Å². The van der Waals surface area contributed by atoms with E-state index in [-0.39, 0.29) is 5.91 Å². The van der Waals surface area contributed by atoms with Gasteiger partial charge in [0.15, 0.2) is 0 Å². The number of aromatic nitrogens is 3. The largest absolute Gasteiger partial charge is 0.340 e. The van der Waals surface area contributed by atoms with Crippen LogP contribution in [0.15, 0.2) is 55.0 Å². The molecule has 29 heavy (non-hydrogen) atoms. The maximum Gasteiger partial charge on any atom is 0.255 e. The second kappa shape index (κ2) is 8.26. The minimum Gasteiger partial charge on any atom is -0.340 e. The summed E-state index contributed by atoms with van der Waals surface area (Å²) in [5.41, 5.74) is 3.97. The van der Waals surface area contributed by atoms with Crippen LogP contribution < -0.4 is 10.2 Å². The molecule has 1 aliphatic heterocycles. The fraction of sp³-hybridized carbons (Fsp3) is 0.273. The zero-order valence-electron chi connectivity index (χ0n) is 16.7. The molecule has 0 spiro atoms. The molecule has 0 bridgehead atoms. The van der Waals surface area contributed by atoms with Crippen molar-refractivity contribution in [2.75, 3.05) is 36.4 Å². The number of pyridine rings is 1. The molecule has 1 N–H and O–H groups in total. The molecule has 0 unspecified atom stereocenters. The lowest BCUT2D eigenvalue weighted by Crippen LogP contribution is -2.49. The van der Waals surface area contributed by atoms with E-state index in [1.807, 2.05) is 23.1 Å². The van der Waals surface area contributed by atoms with Gasteiger partial charge in [-0.25, -0.2) is 15.0 Å². The monoisotopic (exact) mass is 388 g/mol. The number of nitrogens with one attached hydrogen (secondary N) is 1. The van der Waals surface area contributed by atoms with Crippen molar-refractivity contribution in [3.8, 4) is 0 Å². The van der Waals surface area contributed by atoms with Crippen molar-refractivity contribution in [3.05, 3.63) is 71.7 Å². The lowest BCUT2D eigenvalue weighted by atomic mass is 10.1. The normalized spacial score (nSPS) is 14.0. The molecule has 1 amide bonds. The third kappa shape index (κ3) is 4.18. The maximum atomic E-state index is 12.8. The average Bonchev–Trinajstić information content (AvgIpc) is 2.77. The number of anilines is 3. The number of piperazine rings is 1. The van der Waals surface area contributed by atoms with Crippen molar-refractivity contribution in [1.82, 2.24) is 19.9 Å². The van der Waals surface area contributed by atoms with Gasteiger partial charge in [0.05, 0.1) is 5.56 Å². The summed E-state index contributed by atoms with van der Waals surface area (Å²) in [5.74, 6) is 1.44. The number of hydrogen-bond acceptors (Lipinski definition) is 6. The first-order chi connectivity index (χ1) is 14.1. The first-order valence-electron chi connectivity index (χ1n) is 9.72. The smallest absolute Gasteiger partial charge is 0.255 e. The Hall–Kier alpha value is -3.48. The van der Waals surface area contributed by atoms with Gasteiger partial charge in [0.25, 0.3) is 5.91 Å². The van der Waals surface area contributed by atoms with Crippen molar-refractivity contribution in [3.63, 3.8) is 0 Å². The second-order valence-electron chi connectivity index (χ2n) is 7.15. The topological polar surface area (TPSA) is 74.2 Å². The zero-order valence-corrected chi connectivity index (χ0v) is 16.7. The fourth-order valence-corrected chi connectivity index (χ4v) is 3.48. The molecule has 7 nitrogen and oxygen atoms in total. The Bertz CT molecular complexity index is 962. The third-order valence-corrected chi connectivity index (χ3v) is 5.15. The summed E-state index contributed by atoms with van der Waals surface area (Å²) in [6.07, 6.45) is 5.12. The number of nitrogens with zero attached hydrogens (tertiary/aromatic N) is 5. The predicted molar refractivity (Wildman–Crippen MR) is 114 cm³/mol. The summed E-state index contributed by atoms with van der Waals surface area (Å²) in [4.78, 5) is 29.8. The van der Waals surface area contributed by atoms with E-state index in [1.54, 1.807) is 24.7 Å². The summed E-state index contributed by atoms with van der Waals surface area (Å²) in [6, 6.07) is 11.6. The number of carbonyl (C=O) groups excluding carboxylic acids is 1. The van der Waals surface area contributed by atoms with Crippen molar-refractivity contribution in [2.24, 2.45) is 0 Å². The van der Waals surface area contributed by atoms with Crippen LogP contribution in [0.3, 0.4) is 0 Å². The standard InChI is InChI=1S/C22H24N6O/c1-16-5-3-6-17(2)20(16)26-19-8-7-18(15-25-19)21(29)27-11-13-28(14-12-27)22-23-9-4-10-24-22/h3-10,15H,11-14H2,1-2H3,(H,25,26). The van der Waals surface area contributed by atoms with Crippen molar-refractivity contribution in [1.29, 1.82) is 0 Å². The number of hydrogen-bond donors (Lipinski definition) is 1. The number of para-hydroxylation sites is 1. The summed E-state index contributed by atoms with van der Waals surface area (Å²) in [5, 5.41) is 3.35. The number of rotatable bonds is 4. The molecular weight excluding hydrogens is 364 g/mol. The highest BCUT2D eigenvalue weighted by Crippen LogP contribution is 2.23. The van der Waals surface area contributed by atoms with Crippen LogP contribution in [-0.4, -0.2) is 51.9 Å². The minimum absolute atomic E-state index is 0.00440. The fourth-order valence-electron chi connectivity index (χ4n) is 3.48. The molecule has 0 aliphatic carbocycles. The van der Waals surface area contributed by atoms with Crippen LogP contribution in [0.1, 0.15) is 21.5 Å². The summed E-state index contributed by atoms with van der Waals surface area (Å²) in [6.45, 7) is 6.84. The van der Waals surface area contributed by atoms with Gasteiger partial charge in [0.2, 0.25) is 5.95 Å². The molecule has 1 aromatic carbocycles. The molecule has 148 valence electrons. The Morgan fingerprint density at radius 2 is 1.59 bits per heavy atom. The van der Waals surface area contributed by atoms with E-state index in [1.165, 1.54) is 0 Å². The van der Waals surface area contributed by atoms with E-state index in [9.17, 15) is 4.79 Å². The van der Waals surface area contributed by atoms with Crippen LogP contribution in [0.5, 0.6) is 0 Å². The first-order valence-corrected chi connectivity index (χ1v) is 9.72. The molecule has 4 rings (SSSR count). The van der Waals surface area contributed by atoms with Crippen LogP contribution in [0.25, 0.3) is 0 Å². The Morgan fingerprint density at radius 1 is 0.897 bits per heavy atom. The van der Waals surface area contributed by atoms with E-state index in [0.29, 0.717) is 24.6 Å². The molecule has 0 saturated carbocycles. The highest BCUT2D eigenvalue weighted by molar-refractivity contribution is 5.94. The molecule has 7 heteroatoms. The van der Waals surface area contributed by atoms with Crippen LogP contribution in [0.2, 0.25) is 0 Å². The van der Waals surface area contributed by atoms with Gasteiger partial charge < -0.3 is 15.1 Å². The van der Waals surface area contributed by atoms with Gasteiger partial charge in [-0.2, -0.15) is 0 Å². The second-order valence-corrected chi connectivity index (χ2v) is 7.15. The summed E-state index contributed by atoms with van der Waals surface area (Å²) < 4.78 is 0. The van der Waals surface area contributed by atoms with Crippen molar-refractivity contribution >= 4 is 23.4 Å². The van der Waals surface area contributed by atoms with E-state index in [2.05, 4.69) is 51.1 Å². The number of aryl methyl sites for hydroxylation is 2. The molecule has 3 aromatic rings. The lowest BCUT2D eigenvalue weighted by molar-refractivity contribution is 0.0746. The molecule has 0 radical (unpaired) electrons. The Labute approximate surface area is 170 Å². The molecule has 1 aliphatic rings. The van der Waals surface area contributed by atoms with E-state index in [0.717, 1.165) is 35.7 Å². The highest BCUT2D eigenvalue weighted by atomic mass is 16.2. The molecule has 1 fully saturated rings. The van der Waals surface area contributed by atoms with Gasteiger partial charge in [0, 0.05) is 50.5 Å². The molecule has 3 heterocycles. The third-order valence-electron chi connectivity index (χ3n) is 5.15. The van der Waals surface area contributed by atoms with E-state index < -0.39 is 0 Å². The SMILES string of the molecule is Cc1cccc(C)c1Nc1ccc(C(=O)N2CCN(c3ncccn3)CC2)cn1. The van der Waals surface area contributed by atoms with Gasteiger partial charge in [-0.3, -0.25) is 4.79 Å². The van der Waals surface area contributed by atoms with Crippen molar-refractivity contribution in [2.45, 2.75) is 13.8 Å². The Morgan fingerprint density at radius 3 is 2.21 bits per heavy atom. The average molecular weight is 388 g/mol. The van der Waals surface area contributed by atoms with E-state index >= 15 is 0 Å². The van der Waals surface area contributed by atoms with Crippen LogP contribution in [-0.2, 0) is 0 Å². The van der Waals surface area contributed by atoms with Crippen molar-refractivity contribution < 1.29 is 4.79 Å². The highest BCUT2D eigenvalue weighted by Gasteiger charge is 2.23. The lowest BCUT2D eigenvalue weighted by Gasteiger charge is -2.34. The first kappa shape index (κ1) is 18.9. The van der Waals surface area contributed by atoms with Gasteiger partial charge in [-0.1, -0.05) is 18.2 Å². The molecule has 2 aromatic heterocycles. The van der Waals surface area contributed by atoms with E-state index in [4.69, 9.17) is 0 Å². The summed E-state index contributed by atoms with van der Waals surface area (Å²) in [7, 11) is 0. The van der Waals surface area contributed by atoms with Crippen LogP contribution in [0.4, 0.5) is 17.5 Å².